The van der Waals surface area contributed by atoms with E-state index in [-0.39, 0.29) is 70.5 Å². The number of carbonyl (C=O) groups is 4. The first-order valence-corrected chi connectivity index (χ1v) is 21.1. The smallest absolute Gasteiger partial charge is 0.305 e. The molecule has 52 heavy (non-hydrogen) atoms. The highest BCUT2D eigenvalue weighted by atomic mass is 32.2. The van der Waals surface area contributed by atoms with Gasteiger partial charge in [-0.1, -0.05) is 37.4 Å². The van der Waals surface area contributed by atoms with Crippen molar-refractivity contribution in [2.24, 2.45) is 16.6 Å². The predicted molar refractivity (Wildman–Crippen MR) is 213 cm³/mol. The number of nitrogens with one attached hydrogen (secondary N) is 1. The van der Waals surface area contributed by atoms with Gasteiger partial charge in [0.15, 0.2) is 5.17 Å². The molecule has 0 aromatic carbocycles. The van der Waals surface area contributed by atoms with Gasteiger partial charge >= 0.3 is 23.9 Å². The highest BCUT2D eigenvalue weighted by molar-refractivity contribution is 8.13. The number of aliphatic hydroxyl groups is 2. The van der Waals surface area contributed by atoms with Crippen molar-refractivity contribution in [3.63, 3.8) is 0 Å². The molecule has 0 rings (SSSR count). The summed E-state index contributed by atoms with van der Waals surface area (Å²) in [7, 11) is 0. The number of esters is 4. The number of unbranched alkanes of at least 4 members (excludes halogenated alkanes) is 8. The van der Waals surface area contributed by atoms with E-state index < -0.39 is 47.9 Å². The molecule has 304 valence electrons. The van der Waals surface area contributed by atoms with Gasteiger partial charge in [-0.2, -0.15) is 37.9 Å². The summed E-state index contributed by atoms with van der Waals surface area (Å²) in [5.74, 6) is 0.913. The molecule has 0 aliphatic carbocycles. The van der Waals surface area contributed by atoms with Crippen molar-refractivity contribution < 1.29 is 53.1 Å². The topological polar surface area (TPSA) is 205 Å². The van der Waals surface area contributed by atoms with Crippen molar-refractivity contribution in [1.29, 1.82) is 5.41 Å². The fourth-order valence-electron chi connectivity index (χ4n) is 4.63. The van der Waals surface area contributed by atoms with Crippen molar-refractivity contribution in [3.05, 3.63) is 0 Å². The molecule has 0 amide bonds. The Labute approximate surface area is 331 Å². The Hall–Kier alpha value is -1.37. The summed E-state index contributed by atoms with van der Waals surface area (Å²) in [4.78, 5) is 50.2. The van der Waals surface area contributed by atoms with Crippen molar-refractivity contribution in [1.82, 2.24) is 0 Å². The second-order valence-electron chi connectivity index (χ2n) is 13.1. The van der Waals surface area contributed by atoms with Crippen molar-refractivity contribution >= 4 is 78.7 Å². The maximum absolute atomic E-state index is 12.6. The fraction of sp³-hybridized carbons (Fsp3) is 0.857. The Morgan fingerprint density at radius 3 is 1.10 bits per heavy atom. The van der Waals surface area contributed by atoms with Crippen molar-refractivity contribution in [2.45, 2.75) is 103 Å². The number of carbonyl (C=O) groups excluding carboxylic acids is 4. The molecule has 17 heteroatoms. The van der Waals surface area contributed by atoms with Crippen LogP contribution in [-0.2, 0) is 42.9 Å². The first-order valence-electron chi connectivity index (χ1n) is 18.2. The van der Waals surface area contributed by atoms with Gasteiger partial charge in [-0.3, -0.25) is 24.6 Å². The standard InChI is InChI=1S/C35H64N2O11S4/c36-33(37)52-20-12-4-8-16-32(43)48-28-35(22-39,27-47-31(42)15-7-3-11-19-51)24-44-23-34(21-38,25-45-29(40)13-5-1-9-17-49)26-46-30(41)14-6-2-10-18-50/h38-39,49-51H,1-28H2,(H3,36,37). The van der Waals surface area contributed by atoms with E-state index in [0.717, 1.165) is 51.4 Å². The summed E-state index contributed by atoms with van der Waals surface area (Å²) in [5, 5.41) is 28.4. The second kappa shape index (κ2) is 33.0. The number of nitrogens with two attached hydrogens (primary N) is 1. The number of ether oxygens (including phenoxy) is 5. The summed E-state index contributed by atoms with van der Waals surface area (Å²) in [5.41, 5.74) is 2.67. The van der Waals surface area contributed by atoms with Crippen LogP contribution < -0.4 is 5.73 Å². The predicted octanol–water partition coefficient (Wildman–Crippen LogP) is 4.79. The molecule has 0 aliphatic rings. The van der Waals surface area contributed by atoms with Gasteiger partial charge in [-0.25, -0.2) is 0 Å². The van der Waals surface area contributed by atoms with Gasteiger partial charge in [0.05, 0.1) is 37.3 Å². The van der Waals surface area contributed by atoms with Gasteiger partial charge in [0.2, 0.25) is 0 Å². The Morgan fingerprint density at radius 1 is 0.519 bits per heavy atom. The number of aliphatic hydroxyl groups excluding tert-OH is 2. The van der Waals surface area contributed by atoms with E-state index in [0.29, 0.717) is 48.7 Å². The second-order valence-corrected chi connectivity index (χ2v) is 15.6. The number of amidine groups is 1. The zero-order valence-corrected chi connectivity index (χ0v) is 34.2. The molecule has 0 fully saturated rings. The molecule has 0 saturated carbocycles. The summed E-state index contributed by atoms with van der Waals surface area (Å²) in [6, 6.07) is 0. The van der Waals surface area contributed by atoms with E-state index in [4.69, 9.17) is 34.8 Å². The lowest BCUT2D eigenvalue weighted by Gasteiger charge is -2.34. The van der Waals surface area contributed by atoms with E-state index in [1.165, 1.54) is 11.8 Å². The minimum Gasteiger partial charge on any atom is -0.465 e. The lowest BCUT2D eigenvalue weighted by atomic mass is 9.90. The molecule has 0 aliphatic heterocycles. The minimum atomic E-state index is -1.34. The van der Waals surface area contributed by atoms with Crippen LogP contribution in [0.4, 0.5) is 0 Å². The molecule has 0 aromatic heterocycles. The zero-order valence-electron chi connectivity index (χ0n) is 30.7. The maximum Gasteiger partial charge on any atom is 0.305 e. The van der Waals surface area contributed by atoms with Crippen LogP contribution in [-0.4, -0.2) is 115 Å². The number of hydrogen-bond acceptors (Lipinski definition) is 16. The average molecular weight is 817 g/mol. The van der Waals surface area contributed by atoms with Gasteiger partial charge in [0.1, 0.15) is 26.4 Å². The Morgan fingerprint density at radius 2 is 0.827 bits per heavy atom. The molecule has 1 atom stereocenters. The lowest BCUT2D eigenvalue weighted by Crippen LogP contribution is -2.46. The van der Waals surface area contributed by atoms with Crippen LogP contribution >= 0.6 is 49.6 Å². The third-order valence-corrected chi connectivity index (χ3v) is 9.80. The fourth-order valence-corrected chi connectivity index (χ4v) is 5.87. The Bertz CT molecular complexity index is 969. The number of thioether (sulfide) groups is 1. The molecule has 13 nitrogen and oxygen atoms in total. The first-order chi connectivity index (χ1) is 25.0. The summed E-state index contributed by atoms with van der Waals surface area (Å²) >= 11 is 13.8. The van der Waals surface area contributed by atoms with E-state index in [2.05, 4.69) is 37.9 Å². The van der Waals surface area contributed by atoms with E-state index >= 15 is 0 Å². The highest BCUT2D eigenvalue weighted by Gasteiger charge is 2.38. The van der Waals surface area contributed by atoms with Crippen molar-refractivity contribution in [2.75, 3.05) is 75.9 Å². The maximum atomic E-state index is 12.6. The van der Waals surface area contributed by atoms with E-state index in [9.17, 15) is 29.4 Å². The molecule has 1 unspecified atom stereocenters. The van der Waals surface area contributed by atoms with Crippen LogP contribution in [0.3, 0.4) is 0 Å². The van der Waals surface area contributed by atoms with Gasteiger partial charge in [0, 0.05) is 31.4 Å². The summed E-state index contributed by atoms with van der Waals surface area (Å²) in [6.07, 6.45) is 9.60. The molecule has 0 saturated heterocycles. The molecule has 0 radical (unpaired) electrons. The molecule has 5 N–H and O–H groups in total. The van der Waals surface area contributed by atoms with E-state index in [1.54, 1.807) is 0 Å². The molecule has 0 aromatic rings. The Balaban J connectivity index is 5.67. The van der Waals surface area contributed by atoms with Crippen LogP contribution in [0.15, 0.2) is 0 Å². The third kappa shape index (κ3) is 27.2. The number of rotatable bonds is 35. The van der Waals surface area contributed by atoms with E-state index in [1.807, 2.05) is 0 Å². The quantitative estimate of drug-likeness (QED) is 0.0115. The van der Waals surface area contributed by atoms with Crippen LogP contribution in [0.1, 0.15) is 103 Å². The normalized spacial score (nSPS) is 12.6. The molecule has 0 spiro atoms. The van der Waals surface area contributed by atoms with Gasteiger partial charge in [-0.15, -0.1) is 0 Å². The Kier molecular flexibility index (Phi) is 32.1. The SMILES string of the molecule is N=C(N)SCCCCCC(=O)OCC(CO)(COCC(CO)(COC(=O)CCCCCS)COC(=O)CCCCCS)COC(=O)CCCCCS. The average Bonchev–Trinajstić information content (AvgIpc) is 3.13. The molecular weight excluding hydrogens is 753 g/mol. The van der Waals surface area contributed by atoms with Crippen LogP contribution in [0.25, 0.3) is 0 Å². The van der Waals surface area contributed by atoms with Crippen LogP contribution in [0.2, 0.25) is 0 Å². The van der Waals surface area contributed by atoms with Crippen LogP contribution in [0.5, 0.6) is 0 Å². The number of thiol groups is 3. The number of hydrogen-bond donors (Lipinski definition) is 7. The van der Waals surface area contributed by atoms with Crippen molar-refractivity contribution in [3.8, 4) is 0 Å². The van der Waals surface area contributed by atoms with Crippen LogP contribution in [0, 0.1) is 16.2 Å². The summed E-state index contributed by atoms with van der Waals surface area (Å²) < 4.78 is 28.1. The van der Waals surface area contributed by atoms with Gasteiger partial charge in [-0.05, 0) is 68.6 Å². The monoisotopic (exact) mass is 816 g/mol. The first kappa shape index (κ1) is 50.6. The largest absolute Gasteiger partial charge is 0.465 e. The third-order valence-electron chi connectivity index (χ3n) is 8.04. The van der Waals surface area contributed by atoms with Gasteiger partial charge < -0.3 is 39.6 Å². The molecular formula is C35H64N2O11S4. The summed E-state index contributed by atoms with van der Waals surface area (Å²) in [6.45, 7) is -2.85. The molecule has 0 bridgehead atoms. The zero-order chi connectivity index (χ0) is 38.9. The lowest BCUT2D eigenvalue weighted by molar-refractivity contribution is -0.168. The molecule has 0 heterocycles. The highest BCUT2D eigenvalue weighted by Crippen LogP contribution is 2.25. The van der Waals surface area contributed by atoms with Gasteiger partial charge in [0.25, 0.3) is 0 Å². The minimum absolute atomic E-state index is 0.0459.